The quantitative estimate of drug-likeness (QED) is 0.677. The number of benzene rings is 2. The van der Waals surface area contributed by atoms with E-state index < -0.39 is 0 Å². The molecule has 0 unspecified atom stereocenters. The summed E-state index contributed by atoms with van der Waals surface area (Å²) >= 11 is 0. The molecule has 0 saturated heterocycles. The molecule has 0 radical (unpaired) electrons. The summed E-state index contributed by atoms with van der Waals surface area (Å²) in [5, 5.41) is 0.954. The average molecular weight is 297 g/mol. The maximum absolute atomic E-state index is 13.4. The second kappa shape index (κ2) is 5.64. The van der Waals surface area contributed by atoms with Crippen molar-refractivity contribution < 1.29 is 13.9 Å². The number of fused-ring (bicyclic) bond motifs is 1. The van der Waals surface area contributed by atoms with E-state index in [9.17, 15) is 9.18 Å². The Labute approximate surface area is 127 Å². The normalized spacial score (nSPS) is 10.9. The van der Waals surface area contributed by atoms with E-state index in [1.807, 2.05) is 35.9 Å². The predicted octanol–water partition coefficient (Wildman–Crippen LogP) is 4.25. The summed E-state index contributed by atoms with van der Waals surface area (Å²) in [4.78, 5) is 11.8. The molecule has 0 fully saturated rings. The molecule has 0 aliphatic rings. The molecule has 0 bridgehead atoms. The van der Waals surface area contributed by atoms with Gasteiger partial charge in [0.1, 0.15) is 5.82 Å². The highest BCUT2D eigenvalue weighted by Crippen LogP contribution is 2.26. The molecule has 112 valence electrons. The van der Waals surface area contributed by atoms with Gasteiger partial charge in [-0.3, -0.25) is 0 Å². The minimum Gasteiger partial charge on any atom is -0.462 e. The first kappa shape index (κ1) is 14.3. The standard InChI is InChI=1S/C18H16FNO2/c1-3-22-18(21)13-7-8-17-16(9-13)12(2)11-20(17)15-6-4-5-14(19)10-15/h4-11H,3H2,1-2H3. The molecule has 0 spiro atoms. The number of halogens is 1. The highest BCUT2D eigenvalue weighted by Gasteiger charge is 2.12. The van der Waals surface area contributed by atoms with Gasteiger partial charge in [-0.25, -0.2) is 9.18 Å². The van der Waals surface area contributed by atoms with Crippen molar-refractivity contribution in [3.8, 4) is 5.69 Å². The van der Waals surface area contributed by atoms with Gasteiger partial charge in [0.15, 0.2) is 0 Å². The van der Waals surface area contributed by atoms with Gasteiger partial charge in [0.25, 0.3) is 0 Å². The van der Waals surface area contributed by atoms with Crippen LogP contribution in [0.1, 0.15) is 22.8 Å². The van der Waals surface area contributed by atoms with Crippen LogP contribution >= 0.6 is 0 Å². The lowest BCUT2D eigenvalue weighted by Crippen LogP contribution is -2.04. The summed E-state index contributed by atoms with van der Waals surface area (Å²) in [7, 11) is 0. The molecular formula is C18H16FNO2. The van der Waals surface area contributed by atoms with E-state index in [0.29, 0.717) is 12.2 Å². The van der Waals surface area contributed by atoms with E-state index in [0.717, 1.165) is 22.2 Å². The molecule has 0 atom stereocenters. The zero-order valence-electron chi connectivity index (χ0n) is 12.5. The summed E-state index contributed by atoms with van der Waals surface area (Å²) in [5.74, 6) is -0.609. The predicted molar refractivity (Wildman–Crippen MR) is 83.9 cm³/mol. The lowest BCUT2D eigenvalue weighted by molar-refractivity contribution is 0.0526. The van der Waals surface area contributed by atoms with Gasteiger partial charge in [0.2, 0.25) is 0 Å². The van der Waals surface area contributed by atoms with E-state index in [1.165, 1.54) is 12.1 Å². The van der Waals surface area contributed by atoms with Crippen molar-refractivity contribution in [2.75, 3.05) is 6.61 Å². The Balaban J connectivity index is 2.13. The number of carbonyl (C=O) groups is 1. The van der Waals surface area contributed by atoms with Crippen LogP contribution in [0.4, 0.5) is 4.39 Å². The van der Waals surface area contributed by atoms with Crippen LogP contribution in [0.2, 0.25) is 0 Å². The van der Waals surface area contributed by atoms with Gasteiger partial charge in [0.05, 0.1) is 17.7 Å². The number of carbonyl (C=O) groups excluding carboxylic acids is 1. The molecule has 3 rings (SSSR count). The zero-order chi connectivity index (χ0) is 15.7. The highest BCUT2D eigenvalue weighted by molar-refractivity contribution is 5.96. The molecule has 0 saturated carbocycles. The van der Waals surface area contributed by atoms with Crippen molar-refractivity contribution in [3.63, 3.8) is 0 Å². The molecule has 2 aromatic carbocycles. The summed E-state index contributed by atoms with van der Waals surface area (Å²) in [6.07, 6.45) is 1.94. The first-order valence-corrected chi connectivity index (χ1v) is 7.15. The number of hydrogen-bond donors (Lipinski definition) is 0. The van der Waals surface area contributed by atoms with Gasteiger partial charge >= 0.3 is 5.97 Å². The number of aryl methyl sites for hydroxylation is 1. The molecular weight excluding hydrogens is 281 g/mol. The topological polar surface area (TPSA) is 31.2 Å². The molecule has 0 aliphatic heterocycles. The lowest BCUT2D eigenvalue weighted by Gasteiger charge is -2.06. The van der Waals surface area contributed by atoms with Crippen LogP contribution in [0.15, 0.2) is 48.7 Å². The van der Waals surface area contributed by atoms with Crippen LogP contribution in [0.5, 0.6) is 0 Å². The number of hydrogen-bond acceptors (Lipinski definition) is 2. The average Bonchev–Trinajstić information content (AvgIpc) is 2.84. The summed E-state index contributed by atoms with van der Waals surface area (Å²) in [6.45, 7) is 4.09. The second-order valence-electron chi connectivity index (χ2n) is 5.11. The van der Waals surface area contributed by atoms with Gasteiger partial charge in [-0.1, -0.05) is 6.07 Å². The molecule has 4 heteroatoms. The number of nitrogens with zero attached hydrogens (tertiary/aromatic N) is 1. The zero-order valence-corrected chi connectivity index (χ0v) is 12.5. The van der Waals surface area contributed by atoms with Crippen molar-refractivity contribution >= 4 is 16.9 Å². The molecule has 22 heavy (non-hydrogen) atoms. The number of aromatic nitrogens is 1. The van der Waals surface area contributed by atoms with Gasteiger partial charge < -0.3 is 9.30 Å². The van der Waals surface area contributed by atoms with Gasteiger partial charge in [0, 0.05) is 17.3 Å². The Hall–Kier alpha value is -2.62. The smallest absolute Gasteiger partial charge is 0.338 e. The number of ether oxygens (including phenoxy) is 1. The summed E-state index contributed by atoms with van der Waals surface area (Å²) < 4.78 is 20.4. The first-order chi connectivity index (χ1) is 10.6. The third-order valence-corrected chi connectivity index (χ3v) is 3.60. The van der Waals surface area contributed by atoms with Crippen LogP contribution in [0, 0.1) is 12.7 Å². The Morgan fingerprint density at radius 2 is 2.05 bits per heavy atom. The van der Waals surface area contributed by atoms with E-state index in [1.54, 1.807) is 19.1 Å². The SMILES string of the molecule is CCOC(=O)c1ccc2c(c1)c(C)cn2-c1cccc(F)c1. The van der Waals surface area contributed by atoms with Crippen molar-refractivity contribution in [1.82, 2.24) is 4.57 Å². The first-order valence-electron chi connectivity index (χ1n) is 7.15. The molecule has 1 aromatic heterocycles. The van der Waals surface area contributed by atoms with Gasteiger partial charge in [-0.2, -0.15) is 0 Å². The van der Waals surface area contributed by atoms with Crippen LogP contribution in [0.3, 0.4) is 0 Å². The monoisotopic (exact) mass is 297 g/mol. The fourth-order valence-electron chi connectivity index (χ4n) is 2.58. The third-order valence-electron chi connectivity index (χ3n) is 3.60. The Morgan fingerprint density at radius 3 is 2.77 bits per heavy atom. The van der Waals surface area contributed by atoms with E-state index >= 15 is 0 Å². The molecule has 3 nitrogen and oxygen atoms in total. The maximum Gasteiger partial charge on any atom is 0.338 e. The summed E-state index contributed by atoms with van der Waals surface area (Å²) in [5.41, 5.74) is 3.22. The second-order valence-corrected chi connectivity index (χ2v) is 5.11. The van der Waals surface area contributed by atoms with Crippen LogP contribution in [0.25, 0.3) is 16.6 Å². The van der Waals surface area contributed by atoms with Crippen LogP contribution in [-0.4, -0.2) is 17.1 Å². The van der Waals surface area contributed by atoms with E-state index in [-0.39, 0.29) is 11.8 Å². The number of esters is 1. The lowest BCUT2D eigenvalue weighted by atomic mass is 10.1. The number of rotatable bonds is 3. The van der Waals surface area contributed by atoms with E-state index in [4.69, 9.17) is 4.74 Å². The van der Waals surface area contributed by atoms with Gasteiger partial charge in [-0.15, -0.1) is 0 Å². The van der Waals surface area contributed by atoms with Crippen LogP contribution < -0.4 is 0 Å². The Kier molecular flexibility index (Phi) is 3.67. The van der Waals surface area contributed by atoms with Crippen molar-refractivity contribution in [3.05, 3.63) is 65.6 Å². The van der Waals surface area contributed by atoms with Crippen LogP contribution in [-0.2, 0) is 4.74 Å². The highest BCUT2D eigenvalue weighted by atomic mass is 19.1. The fraction of sp³-hybridized carbons (Fsp3) is 0.167. The third kappa shape index (κ3) is 2.48. The summed E-state index contributed by atoms with van der Waals surface area (Å²) in [6, 6.07) is 11.8. The van der Waals surface area contributed by atoms with Crippen molar-refractivity contribution in [1.29, 1.82) is 0 Å². The minimum atomic E-state index is -0.331. The molecule has 0 amide bonds. The molecule has 0 N–H and O–H groups in total. The minimum absolute atomic E-state index is 0.278. The van der Waals surface area contributed by atoms with Crippen molar-refractivity contribution in [2.45, 2.75) is 13.8 Å². The van der Waals surface area contributed by atoms with Crippen molar-refractivity contribution in [2.24, 2.45) is 0 Å². The largest absolute Gasteiger partial charge is 0.462 e. The maximum atomic E-state index is 13.4. The molecule has 3 aromatic rings. The van der Waals surface area contributed by atoms with E-state index in [2.05, 4.69) is 0 Å². The molecule has 1 heterocycles. The fourth-order valence-corrected chi connectivity index (χ4v) is 2.58. The van der Waals surface area contributed by atoms with Gasteiger partial charge in [-0.05, 0) is 55.8 Å². The Morgan fingerprint density at radius 1 is 1.23 bits per heavy atom. The molecule has 0 aliphatic carbocycles. The Bertz CT molecular complexity index is 851.